The maximum Gasteiger partial charge on any atom is 0.174 e. The Labute approximate surface area is 220 Å². The summed E-state index contributed by atoms with van der Waals surface area (Å²) in [7, 11) is 0. The number of hydrogen-bond donors (Lipinski definition) is 4. The van der Waals surface area contributed by atoms with E-state index in [0.29, 0.717) is 6.54 Å². The zero-order chi connectivity index (χ0) is 25.7. The van der Waals surface area contributed by atoms with Crippen LogP contribution in [0.4, 0.5) is 0 Å². The van der Waals surface area contributed by atoms with Gasteiger partial charge in [0.2, 0.25) is 0 Å². The van der Waals surface area contributed by atoms with Gasteiger partial charge in [0.05, 0.1) is 0 Å². The number of aromatic amines is 2. The fourth-order valence-corrected chi connectivity index (χ4v) is 5.24. The van der Waals surface area contributed by atoms with Crippen LogP contribution < -0.4 is 10.1 Å². The highest BCUT2D eigenvalue weighted by molar-refractivity contribution is 7.13. The van der Waals surface area contributed by atoms with Crippen molar-refractivity contribution in [3.63, 3.8) is 0 Å². The molecule has 5 aromatic rings. The topological polar surface area (TPSA) is 112 Å². The van der Waals surface area contributed by atoms with Gasteiger partial charge in [-0.15, -0.1) is 21.5 Å². The summed E-state index contributed by atoms with van der Waals surface area (Å²) < 4.78 is 6.00. The minimum absolute atomic E-state index is 0.206. The van der Waals surface area contributed by atoms with E-state index in [2.05, 4.69) is 80.6 Å². The van der Waals surface area contributed by atoms with E-state index in [9.17, 15) is 5.11 Å². The number of para-hydroxylation sites is 1. The molecule has 0 fully saturated rings. The normalized spacial score (nSPS) is 12.7. The molecule has 8 nitrogen and oxygen atoms in total. The molecule has 0 saturated heterocycles. The van der Waals surface area contributed by atoms with E-state index in [1.165, 1.54) is 16.5 Å². The number of benzene rings is 2. The molecule has 0 aliphatic carbocycles. The third-order valence-corrected chi connectivity index (χ3v) is 7.32. The average molecular weight is 517 g/mol. The van der Waals surface area contributed by atoms with Gasteiger partial charge in [0.25, 0.3) is 0 Å². The first kappa shape index (κ1) is 25.1. The molecule has 0 radical (unpaired) electrons. The van der Waals surface area contributed by atoms with Gasteiger partial charge >= 0.3 is 0 Å². The summed E-state index contributed by atoms with van der Waals surface area (Å²) in [5, 5.41) is 31.6. The number of H-pyrrole nitrogens is 2. The number of aromatic nitrogens is 5. The van der Waals surface area contributed by atoms with Gasteiger partial charge in [-0.05, 0) is 67.5 Å². The molecule has 0 amide bonds. The first-order valence-corrected chi connectivity index (χ1v) is 13.3. The number of hydrogen-bond acceptors (Lipinski definition) is 7. The Balaban J connectivity index is 1.14. The number of nitrogens with zero attached hydrogens (tertiary/aromatic N) is 3. The Hall–Kier alpha value is -3.53. The van der Waals surface area contributed by atoms with Crippen LogP contribution in [0.25, 0.3) is 21.3 Å². The van der Waals surface area contributed by atoms with Crippen molar-refractivity contribution in [1.82, 2.24) is 30.9 Å². The third-order valence-electron chi connectivity index (χ3n) is 6.41. The van der Waals surface area contributed by atoms with Crippen molar-refractivity contribution in [2.45, 2.75) is 44.8 Å². The number of β-amino-alcohol motifs (C(OH)–C–C–N with tert-alkyl or cyclic N) is 1. The van der Waals surface area contributed by atoms with Crippen molar-refractivity contribution in [3.05, 3.63) is 83.1 Å². The number of ether oxygens (including phenoxy) is 1. The summed E-state index contributed by atoms with van der Waals surface area (Å²) in [6.45, 7) is 4.98. The Kier molecular flexibility index (Phi) is 7.64. The lowest BCUT2D eigenvalue weighted by Gasteiger charge is -2.28. The Bertz CT molecular complexity index is 1410. The summed E-state index contributed by atoms with van der Waals surface area (Å²) in [6, 6.07) is 18.6. The molecular formula is C28H32N6O2S. The summed E-state index contributed by atoms with van der Waals surface area (Å²) in [6.07, 6.45) is 3.88. The number of aliphatic hydroxyl groups excluding tert-OH is 1. The van der Waals surface area contributed by atoms with Crippen LogP contribution in [0.1, 0.15) is 30.8 Å². The molecular weight excluding hydrogens is 484 g/mol. The smallest absolute Gasteiger partial charge is 0.174 e. The molecule has 9 heteroatoms. The van der Waals surface area contributed by atoms with Crippen LogP contribution in [0, 0.1) is 0 Å². The summed E-state index contributed by atoms with van der Waals surface area (Å²) in [5.41, 5.74) is 4.44. The Morgan fingerprint density at radius 1 is 1.11 bits per heavy atom. The van der Waals surface area contributed by atoms with Crippen molar-refractivity contribution in [2.24, 2.45) is 0 Å². The van der Waals surface area contributed by atoms with Crippen LogP contribution in [0.5, 0.6) is 5.75 Å². The lowest BCUT2D eigenvalue weighted by Crippen LogP contribution is -2.46. The van der Waals surface area contributed by atoms with E-state index in [-0.39, 0.29) is 12.1 Å². The van der Waals surface area contributed by atoms with E-state index in [1.807, 2.05) is 30.3 Å². The van der Waals surface area contributed by atoms with Crippen molar-refractivity contribution in [3.8, 4) is 16.2 Å². The van der Waals surface area contributed by atoms with Crippen LogP contribution in [-0.4, -0.2) is 55.5 Å². The number of tetrazole rings is 1. The molecule has 192 valence electrons. The fourth-order valence-electron chi connectivity index (χ4n) is 4.49. The molecule has 4 N–H and O–H groups in total. The van der Waals surface area contributed by atoms with Gasteiger partial charge in [0.15, 0.2) is 5.82 Å². The minimum Gasteiger partial charge on any atom is -0.490 e. The molecule has 0 unspecified atom stereocenters. The molecule has 3 aromatic heterocycles. The largest absolute Gasteiger partial charge is 0.490 e. The first-order valence-electron chi connectivity index (χ1n) is 12.5. The second-order valence-electron chi connectivity index (χ2n) is 9.90. The van der Waals surface area contributed by atoms with Crippen molar-refractivity contribution >= 4 is 22.2 Å². The van der Waals surface area contributed by atoms with E-state index >= 15 is 0 Å². The number of rotatable bonds is 12. The van der Waals surface area contributed by atoms with E-state index < -0.39 is 6.10 Å². The maximum atomic E-state index is 10.6. The predicted octanol–water partition coefficient (Wildman–Crippen LogP) is 4.55. The quantitative estimate of drug-likeness (QED) is 0.194. The van der Waals surface area contributed by atoms with Crippen LogP contribution in [0.15, 0.2) is 66.2 Å². The molecule has 0 bridgehead atoms. The molecule has 5 rings (SSSR count). The van der Waals surface area contributed by atoms with Crippen LogP contribution in [0.2, 0.25) is 0 Å². The monoisotopic (exact) mass is 516 g/mol. The number of fused-ring (bicyclic) bond motifs is 1. The SMILES string of the molecule is CC(C)(Cc1c[nH]c2cc(CCc3nn[nH]n3)ccc12)NC[C@H](O)COc1ccccc1-c1cccs1. The lowest BCUT2D eigenvalue weighted by molar-refractivity contribution is 0.0991. The molecule has 0 spiro atoms. The van der Waals surface area contributed by atoms with Crippen LogP contribution in [-0.2, 0) is 19.3 Å². The zero-order valence-electron chi connectivity index (χ0n) is 21.1. The van der Waals surface area contributed by atoms with Crippen LogP contribution >= 0.6 is 11.3 Å². The van der Waals surface area contributed by atoms with Gasteiger partial charge in [-0.3, -0.25) is 0 Å². The van der Waals surface area contributed by atoms with Crippen molar-refractivity contribution in [2.75, 3.05) is 13.2 Å². The summed E-state index contributed by atoms with van der Waals surface area (Å²) >= 11 is 1.68. The second-order valence-corrected chi connectivity index (χ2v) is 10.8. The number of nitrogens with one attached hydrogen (secondary N) is 3. The maximum absolute atomic E-state index is 10.6. The summed E-state index contributed by atoms with van der Waals surface area (Å²) in [4.78, 5) is 4.57. The van der Waals surface area contributed by atoms with E-state index in [0.717, 1.165) is 46.8 Å². The lowest BCUT2D eigenvalue weighted by atomic mass is 9.94. The summed E-state index contributed by atoms with van der Waals surface area (Å²) in [5.74, 6) is 1.51. The zero-order valence-corrected chi connectivity index (χ0v) is 21.9. The van der Waals surface area contributed by atoms with Crippen LogP contribution in [0.3, 0.4) is 0 Å². The Morgan fingerprint density at radius 3 is 2.81 bits per heavy atom. The van der Waals surface area contributed by atoms with Gasteiger partial charge in [-0.25, -0.2) is 0 Å². The standard InChI is InChI=1S/C28H32N6O2S/c1-28(2,30-17-21(35)18-36-25-7-4-3-6-23(25)26-8-5-13-37-26)15-20-16-29-24-14-19(9-11-22(20)24)10-12-27-31-33-34-32-27/h3-9,11,13-14,16,21,29-30,35H,10,12,15,17-18H2,1-2H3,(H,31,32,33,34)/t21-/m0/s1. The molecule has 1 atom stereocenters. The molecule has 0 aliphatic heterocycles. The minimum atomic E-state index is -0.625. The predicted molar refractivity (Wildman–Crippen MR) is 147 cm³/mol. The van der Waals surface area contributed by atoms with Crippen molar-refractivity contribution in [1.29, 1.82) is 0 Å². The third kappa shape index (κ3) is 6.43. The Morgan fingerprint density at radius 2 is 2.00 bits per heavy atom. The first-order chi connectivity index (χ1) is 18.0. The molecule has 3 heterocycles. The second kappa shape index (κ2) is 11.2. The number of aryl methyl sites for hydroxylation is 2. The number of aliphatic hydroxyl groups is 1. The van der Waals surface area contributed by atoms with Gasteiger partial charge in [0.1, 0.15) is 18.5 Å². The van der Waals surface area contributed by atoms with Crippen molar-refractivity contribution < 1.29 is 9.84 Å². The van der Waals surface area contributed by atoms with Gasteiger partial charge < -0.3 is 20.1 Å². The highest BCUT2D eigenvalue weighted by Gasteiger charge is 2.21. The van der Waals surface area contributed by atoms with E-state index in [1.54, 1.807) is 11.3 Å². The van der Waals surface area contributed by atoms with E-state index in [4.69, 9.17) is 4.74 Å². The molecule has 0 aliphatic rings. The highest BCUT2D eigenvalue weighted by atomic mass is 32.1. The van der Waals surface area contributed by atoms with Gasteiger partial charge in [-0.1, -0.05) is 35.5 Å². The fraction of sp³-hybridized carbons (Fsp3) is 0.321. The molecule has 0 saturated carbocycles. The molecule has 2 aromatic carbocycles. The van der Waals surface area contributed by atoms with Gasteiger partial charge in [0, 0.05) is 46.0 Å². The molecule has 37 heavy (non-hydrogen) atoms. The number of thiophene rings is 1. The van der Waals surface area contributed by atoms with Gasteiger partial charge in [-0.2, -0.15) is 5.21 Å². The highest BCUT2D eigenvalue weighted by Crippen LogP contribution is 2.33. The average Bonchev–Trinajstić information content (AvgIpc) is 3.68.